The third-order valence-electron chi connectivity index (χ3n) is 5.22. The van der Waals surface area contributed by atoms with Gasteiger partial charge in [0, 0.05) is 0 Å². The molecular formula is C27H22N2O7. The SMILES string of the molecule is CCOc1cc(/C=C2\C(=O)NC(=O)N(c3ccccc3OC)C2=O)ccc1OC(=O)c1ccccc1. The molecule has 0 aromatic heterocycles. The molecule has 0 bridgehead atoms. The van der Waals surface area contributed by atoms with Gasteiger partial charge >= 0.3 is 12.0 Å². The van der Waals surface area contributed by atoms with Crippen molar-refractivity contribution in [3.8, 4) is 17.2 Å². The largest absolute Gasteiger partial charge is 0.495 e. The Morgan fingerprint density at radius 3 is 2.36 bits per heavy atom. The highest BCUT2D eigenvalue weighted by molar-refractivity contribution is 6.39. The molecule has 0 atom stereocenters. The molecular weight excluding hydrogens is 464 g/mol. The Kier molecular flexibility index (Phi) is 7.10. The normalized spacial score (nSPS) is 14.4. The van der Waals surface area contributed by atoms with Crippen molar-refractivity contribution in [2.45, 2.75) is 6.92 Å². The molecule has 0 aliphatic carbocycles. The first-order valence-electron chi connectivity index (χ1n) is 11.0. The fourth-order valence-corrected chi connectivity index (χ4v) is 3.56. The fraction of sp³-hybridized carbons (Fsp3) is 0.111. The number of urea groups is 1. The van der Waals surface area contributed by atoms with Crippen LogP contribution >= 0.6 is 0 Å². The molecule has 9 heteroatoms. The molecule has 0 unspecified atom stereocenters. The molecule has 4 rings (SSSR count). The van der Waals surface area contributed by atoms with Crippen LogP contribution in [0.5, 0.6) is 17.2 Å². The predicted octanol–water partition coefficient (Wildman–Crippen LogP) is 3.98. The van der Waals surface area contributed by atoms with Crippen LogP contribution in [0.2, 0.25) is 0 Å². The van der Waals surface area contributed by atoms with E-state index < -0.39 is 23.8 Å². The van der Waals surface area contributed by atoms with E-state index in [1.807, 2.05) is 0 Å². The molecule has 36 heavy (non-hydrogen) atoms. The Balaban J connectivity index is 1.66. The van der Waals surface area contributed by atoms with E-state index in [1.165, 1.54) is 31.4 Å². The minimum Gasteiger partial charge on any atom is -0.495 e. The number of para-hydroxylation sites is 2. The summed E-state index contributed by atoms with van der Waals surface area (Å²) >= 11 is 0. The number of hydrogen-bond acceptors (Lipinski definition) is 7. The quantitative estimate of drug-likeness (QED) is 0.233. The summed E-state index contributed by atoms with van der Waals surface area (Å²) in [5.41, 5.74) is 0.721. The Labute approximate surface area is 206 Å². The van der Waals surface area contributed by atoms with Gasteiger partial charge in [0.15, 0.2) is 11.5 Å². The number of imide groups is 2. The summed E-state index contributed by atoms with van der Waals surface area (Å²) in [6.45, 7) is 2.05. The van der Waals surface area contributed by atoms with Crippen molar-refractivity contribution in [1.82, 2.24) is 5.32 Å². The number of nitrogens with one attached hydrogen (secondary N) is 1. The lowest BCUT2D eigenvalue weighted by Crippen LogP contribution is -2.54. The van der Waals surface area contributed by atoms with Gasteiger partial charge < -0.3 is 14.2 Å². The zero-order valence-corrected chi connectivity index (χ0v) is 19.5. The average molecular weight is 486 g/mol. The van der Waals surface area contributed by atoms with Crippen molar-refractivity contribution in [3.63, 3.8) is 0 Å². The summed E-state index contributed by atoms with van der Waals surface area (Å²) in [6, 6.07) is 18.7. The highest BCUT2D eigenvalue weighted by atomic mass is 16.6. The Morgan fingerprint density at radius 2 is 1.64 bits per heavy atom. The van der Waals surface area contributed by atoms with E-state index in [-0.39, 0.29) is 35.1 Å². The molecule has 1 fully saturated rings. The fourth-order valence-electron chi connectivity index (χ4n) is 3.56. The summed E-state index contributed by atoms with van der Waals surface area (Å²) in [5, 5.41) is 2.18. The number of ether oxygens (including phenoxy) is 3. The van der Waals surface area contributed by atoms with Gasteiger partial charge in [0.1, 0.15) is 11.3 Å². The number of carbonyl (C=O) groups is 4. The Bertz CT molecular complexity index is 1370. The standard InChI is InChI=1S/C27H22N2O7/c1-3-35-23-16-17(13-14-22(23)36-26(32)18-9-5-4-6-10-18)15-19-24(30)28-27(33)29(25(19)31)20-11-7-8-12-21(20)34-2/h4-16H,3H2,1-2H3,(H,28,30,33)/b19-15+. The van der Waals surface area contributed by atoms with Gasteiger partial charge in [-0.15, -0.1) is 0 Å². The van der Waals surface area contributed by atoms with Crippen LogP contribution in [-0.4, -0.2) is 37.5 Å². The summed E-state index contributed by atoms with van der Waals surface area (Å²) < 4.78 is 16.4. The number of barbiturate groups is 1. The lowest BCUT2D eigenvalue weighted by molar-refractivity contribution is -0.122. The number of carbonyl (C=O) groups excluding carboxylic acids is 4. The molecule has 1 aliphatic heterocycles. The second-order valence-corrected chi connectivity index (χ2v) is 7.52. The number of esters is 1. The van der Waals surface area contributed by atoms with Crippen LogP contribution in [0.3, 0.4) is 0 Å². The summed E-state index contributed by atoms with van der Waals surface area (Å²) in [6.07, 6.45) is 1.33. The average Bonchev–Trinajstić information content (AvgIpc) is 2.88. The predicted molar refractivity (Wildman–Crippen MR) is 131 cm³/mol. The third kappa shape index (κ3) is 4.95. The highest BCUT2D eigenvalue weighted by Gasteiger charge is 2.38. The van der Waals surface area contributed by atoms with Gasteiger partial charge in [0.25, 0.3) is 11.8 Å². The van der Waals surface area contributed by atoms with E-state index in [1.54, 1.807) is 61.5 Å². The first-order chi connectivity index (χ1) is 17.4. The second-order valence-electron chi connectivity index (χ2n) is 7.52. The smallest absolute Gasteiger partial charge is 0.343 e. The van der Waals surface area contributed by atoms with Crippen molar-refractivity contribution in [2.75, 3.05) is 18.6 Å². The number of benzene rings is 3. The maximum Gasteiger partial charge on any atom is 0.343 e. The number of anilines is 1. The van der Waals surface area contributed by atoms with Crippen LogP contribution in [0, 0.1) is 0 Å². The van der Waals surface area contributed by atoms with Crippen LogP contribution in [0.1, 0.15) is 22.8 Å². The van der Waals surface area contributed by atoms with Gasteiger partial charge in [0.2, 0.25) is 0 Å². The van der Waals surface area contributed by atoms with Gasteiger partial charge in [-0.3, -0.25) is 14.9 Å². The van der Waals surface area contributed by atoms with Crippen molar-refractivity contribution >= 4 is 35.6 Å². The monoisotopic (exact) mass is 486 g/mol. The molecule has 3 aromatic carbocycles. The van der Waals surface area contributed by atoms with E-state index in [2.05, 4.69) is 5.32 Å². The molecule has 0 spiro atoms. The van der Waals surface area contributed by atoms with Gasteiger partial charge in [-0.25, -0.2) is 14.5 Å². The van der Waals surface area contributed by atoms with E-state index >= 15 is 0 Å². The molecule has 1 saturated heterocycles. The Hall–Kier alpha value is -4.92. The first kappa shape index (κ1) is 24.2. The zero-order chi connectivity index (χ0) is 25.7. The number of amides is 4. The van der Waals surface area contributed by atoms with Crippen molar-refractivity contribution in [2.24, 2.45) is 0 Å². The molecule has 0 radical (unpaired) electrons. The lowest BCUT2D eigenvalue weighted by atomic mass is 10.1. The Morgan fingerprint density at radius 1 is 0.917 bits per heavy atom. The van der Waals surface area contributed by atoms with Gasteiger partial charge in [-0.2, -0.15) is 0 Å². The minimum atomic E-state index is -0.884. The van der Waals surface area contributed by atoms with Crippen LogP contribution in [-0.2, 0) is 9.59 Å². The highest BCUT2D eigenvalue weighted by Crippen LogP contribution is 2.33. The van der Waals surface area contributed by atoms with E-state index in [9.17, 15) is 19.2 Å². The van der Waals surface area contributed by atoms with Gasteiger partial charge in [-0.05, 0) is 55.0 Å². The number of methoxy groups -OCH3 is 1. The van der Waals surface area contributed by atoms with Gasteiger partial charge in [0.05, 0.1) is 25.0 Å². The summed E-state index contributed by atoms with van der Waals surface area (Å²) in [5.74, 6) is -1.50. The summed E-state index contributed by atoms with van der Waals surface area (Å²) in [7, 11) is 1.41. The van der Waals surface area contributed by atoms with E-state index in [4.69, 9.17) is 14.2 Å². The molecule has 1 N–H and O–H groups in total. The lowest BCUT2D eigenvalue weighted by Gasteiger charge is -2.27. The van der Waals surface area contributed by atoms with E-state index in [0.29, 0.717) is 11.1 Å². The minimum absolute atomic E-state index is 0.179. The maximum absolute atomic E-state index is 13.2. The molecule has 182 valence electrons. The number of hydrogen-bond donors (Lipinski definition) is 1. The summed E-state index contributed by atoms with van der Waals surface area (Å²) in [4.78, 5) is 51.6. The van der Waals surface area contributed by atoms with Crippen LogP contribution in [0.4, 0.5) is 10.5 Å². The molecule has 3 aromatic rings. The topological polar surface area (TPSA) is 111 Å². The van der Waals surface area contributed by atoms with Crippen molar-refractivity contribution in [1.29, 1.82) is 0 Å². The second kappa shape index (κ2) is 10.6. The van der Waals surface area contributed by atoms with E-state index in [0.717, 1.165) is 4.90 Å². The molecule has 9 nitrogen and oxygen atoms in total. The third-order valence-corrected chi connectivity index (χ3v) is 5.22. The molecule has 0 saturated carbocycles. The van der Waals surface area contributed by atoms with Crippen LogP contribution in [0.25, 0.3) is 6.08 Å². The van der Waals surface area contributed by atoms with Gasteiger partial charge in [-0.1, -0.05) is 36.4 Å². The molecule has 1 heterocycles. The zero-order valence-electron chi connectivity index (χ0n) is 19.5. The van der Waals surface area contributed by atoms with Crippen LogP contribution in [0.15, 0.2) is 78.4 Å². The maximum atomic E-state index is 13.2. The molecule has 4 amide bonds. The van der Waals surface area contributed by atoms with Crippen molar-refractivity contribution < 1.29 is 33.4 Å². The first-order valence-corrected chi connectivity index (χ1v) is 11.0. The number of rotatable bonds is 7. The van der Waals surface area contributed by atoms with Crippen molar-refractivity contribution in [3.05, 3.63) is 89.5 Å². The van der Waals surface area contributed by atoms with Crippen LogP contribution < -0.4 is 24.4 Å². The molecule has 1 aliphatic rings. The number of nitrogens with zero attached hydrogens (tertiary/aromatic N) is 1.